The van der Waals surface area contributed by atoms with E-state index in [2.05, 4.69) is 25.5 Å². The molecule has 9 nitrogen and oxygen atoms in total. The maximum Gasteiger partial charge on any atom is 0.423 e. The summed E-state index contributed by atoms with van der Waals surface area (Å²) in [5.74, 6) is -2.90. The first-order valence-electron chi connectivity index (χ1n) is 13.4. The van der Waals surface area contributed by atoms with Crippen LogP contribution in [0.4, 0.5) is 29.2 Å². The highest BCUT2D eigenvalue weighted by molar-refractivity contribution is 6.03. The summed E-state index contributed by atoms with van der Waals surface area (Å²) < 4.78 is 67.6. The zero-order valence-electron chi connectivity index (χ0n) is 23.2. The van der Waals surface area contributed by atoms with E-state index in [-0.39, 0.29) is 52.5 Å². The fraction of sp³-hybridized carbons (Fsp3) is 0.379. The minimum Gasteiger partial charge on any atom is -0.495 e. The predicted molar refractivity (Wildman–Crippen MR) is 145 cm³/mol. The monoisotopic (exact) mass is 587 g/mol. The van der Waals surface area contributed by atoms with Crippen molar-refractivity contribution in [1.29, 1.82) is 0 Å². The number of carbonyl (C=O) groups excluding carboxylic acids is 2. The van der Waals surface area contributed by atoms with Crippen molar-refractivity contribution < 1.29 is 36.6 Å². The van der Waals surface area contributed by atoms with Gasteiger partial charge in [0.2, 0.25) is 11.8 Å². The number of aryl methyl sites for hydroxylation is 1. The Kier molecular flexibility index (Phi) is 8.04. The number of Topliss-reactive ketones (excluding diaryl/α,β-unsaturated/α-hetero) is 1. The van der Waals surface area contributed by atoms with Crippen molar-refractivity contribution in [3.8, 4) is 17.4 Å². The summed E-state index contributed by atoms with van der Waals surface area (Å²) in [5.41, 5.74) is 0.260. The molecular weight excluding hydrogens is 558 g/mol. The molecule has 0 radical (unpaired) electrons. The highest BCUT2D eigenvalue weighted by atomic mass is 19.4. The van der Waals surface area contributed by atoms with Crippen LogP contribution in [0.3, 0.4) is 0 Å². The molecule has 222 valence electrons. The molecule has 2 aliphatic rings. The van der Waals surface area contributed by atoms with Gasteiger partial charge in [-0.25, -0.2) is 9.37 Å². The number of aromatic nitrogens is 2. The summed E-state index contributed by atoms with van der Waals surface area (Å²) in [4.78, 5) is 35.1. The van der Waals surface area contributed by atoms with Gasteiger partial charge in [-0.2, -0.15) is 18.2 Å². The van der Waals surface area contributed by atoms with E-state index < -0.39 is 29.3 Å². The number of fused-ring (bicyclic) bond motifs is 1. The molecule has 0 spiro atoms. The molecule has 1 fully saturated rings. The number of carbonyl (C=O) groups is 2. The maximum absolute atomic E-state index is 15.1. The molecule has 42 heavy (non-hydrogen) atoms. The van der Waals surface area contributed by atoms with Crippen LogP contribution in [0.25, 0.3) is 0 Å². The van der Waals surface area contributed by atoms with Crippen molar-refractivity contribution in [2.75, 3.05) is 32.6 Å². The summed E-state index contributed by atoms with van der Waals surface area (Å²) in [6.07, 6.45) is -2.16. The average molecular weight is 588 g/mol. The maximum atomic E-state index is 15.1. The summed E-state index contributed by atoms with van der Waals surface area (Å²) >= 11 is 0. The molecule has 0 bridgehead atoms. The first-order chi connectivity index (χ1) is 19.9. The second-order valence-electron chi connectivity index (χ2n) is 10.4. The molecule has 2 N–H and O–H groups in total. The van der Waals surface area contributed by atoms with Crippen molar-refractivity contribution >= 4 is 23.3 Å². The van der Waals surface area contributed by atoms with Gasteiger partial charge in [0.25, 0.3) is 5.91 Å². The van der Waals surface area contributed by atoms with E-state index in [0.717, 1.165) is 43.1 Å². The van der Waals surface area contributed by atoms with Gasteiger partial charge < -0.3 is 25.0 Å². The largest absolute Gasteiger partial charge is 0.495 e. The molecule has 3 aromatic rings. The number of benzene rings is 2. The van der Waals surface area contributed by atoms with Crippen LogP contribution in [0.2, 0.25) is 0 Å². The first kappa shape index (κ1) is 29.2. The average Bonchev–Trinajstić information content (AvgIpc) is 3.33. The quantitative estimate of drug-likeness (QED) is 0.352. The Bertz CT molecular complexity index is 1540. The number of hydrogen-bond acceptors (Lipinski definition) is 8. The van der Waals surface area contributed by atoms with Crippen LogP contribution in [0.5, 0.6) is 17.4 Å². The van der Waals surface area contributed by atoms with Gasteiger partial charge in [-0.3, -0.25) is 9.59 Å². The highest BCUT2D eigenvalue weighted by Gasteiger charge is 2.37. The highest BCUT2D eigenvalue weighted by Crippen LogP contribution is 2.41. The van der Waals surface area contributed by atoms with Crippen molar-refractivity contribution in [2.45, 2.75) is 44.8 Å². The Morgan fingerprint density at radius 2 is 1.86 bits per heavy atom. The fourth-order valence-corrected chi connectivity index (χ4v) is 5.14. The number of ether oxygens (including phenoxy) is 2. The minimum atomic E-state index is -4.86. The van der Waals surface area contributed by atoms with Crippen molar-refractivity contribution in [3.05, 3.63) is 64.1 Å². The zero-order chi connectivity index (χ0) is 30.2. The van der Waals surface area contributed by atoms with Crippen LogP contribution in [-0.2, 0) is 12.6 Å². The second kappa shape index (κ2) is 11.6. The van der Waals surface area contributed by atoms with Crippen LogP contribution in [0, 0.1) is 12.7 Å². The molecule has 1 amide bonds. The van der Waals surface area contributed by atoms with E-state index in [4.69, 9.17) is 9.47 Å². The zero-order valence-corrected chi connectivity index (χ0v) is 23.2. The van der Waals surface area contributed by atoms with Crippen molar-refractivity contribution in [1.82, 2.24) is 20.2 Å². The normalized spacial score (nSPS) is 15.8. The number of likely N-dealkylation sites (tertiary alicyclic amines) is 1. The Morgan fingerprint density at radius 3 is 2.55 bits per heavy atom. The SMILES string of the molecule is COc1cc(C(=O)NC2CCN(C)CC2)c(F)cc1Nc1ncc(C(F)(F)F)c(Oc2ccc(C)c3c2C(=O)CC3)n1. The molecule has 0 saturated carbocycles. The van der Waals surface area contributed by atoms with E-state index in [1.807, 2.05) is 14.0 Å². The Labute approximate surface area is 239 Å². The third kappa shape index (κ3) is 6.01. The summed E-state index contributed by atoms with van der Waals surface area (Å²) in [6, 6.07) is 5.18. The lowest BCUT2D eigenvalue weighted by Crippen LogP contribution is -2.43. The van der Waals surface area contributed by atoms with Gasteiger partial charge in [-0.1, -0.05) is 6.07 Å². The lowest BCUT2D eigenvalue weighted by Gasteiger charge is -2.29. The number of nitrogens with zero attached hydrogens (tertiary/aromatic N) is 3. The third-order valence-corrected chi connectivity index (χ3v) is 7.49. The molecule has 0 atom stereocenters. The van der Waals surface area contributed by atoms with Crippen LogP contribution in [0.15, 0.2) is 30.5 Å². The first-order valence-corrected chi connectivity index (χ1v) is 13.4. The number of amides is 1. The minimum absolute atomic E-state index is 0.0250. The second-order valence-corrected chi connectivity index (χ2v) is 10.4. The van der Waals surface area contributed by atoms with Crippen LogP contribution in [0.1, 0.15) is 56.7 Å². The summed E-state index contributed by atoms with van der Waals surface area (Å²) in [5, 5.41) is 5.49. The number of alkyl halides is 3. The third-order valence-electron chi connectivity index (χ3n) is 7.49. The molecule has 0 unspecified atom stereocenters. The van der Waals surface area contributed by atoms with Gasteiger partial charge in [0.05, 0.1) is 23.9 Å². The number of anilines is 2. The van der Waals surface area contributed by atoms with Gasteiger partial charge in [0.15, 0.2) is 5.78 Å². The number of piperidine rings is 1. The number of rotatable bonds is 7. The van der Waals surface area contributed by atoms with Crippen LogP contribution < -0.4 is 20.1 Å². The van der Waals surface area contributed by atoms with Gasteiger partial charge in [-0.05, 0) is 69.6 Å². The van der Waals surface area contributed by atoms with Crippen LogP contribution in [-0.4, -0.2) is 59.8 Å². The summed E-state index contributed by atoms with van der Waals surface area (Å²) in [6.45, 7) is 3.42. The van der Waals surface area contributed by atoms with Gasteiger partial charge in [0, 0.05) is 24.7 Å². The Balaban J connectivity index is 1.43. The molecule has 2 aromatic carbocycles. The Morgan fingerprint density at radius 1 is 1.12 bits per heavy atom. The molecule has 1 aliphatic heterocycles. The lowest BCUT2D eigenvalue weighted by molar-refractivity contribution is -0.139. The standard InChI is InChI=1S/C29H29F4N5O4/c1-15-4-7-23(25-17(15)5-6-22(25)39)42-27-19(29(31,32)33)14-34-28(37-27)36-21-13-20(30)18(12-24(21)41-3)26(40)35-16-8-10-38(2)11-9-16/h4,7,12-14,16H,5-6,8-11H2,1-3H3,(H,35,40)(H,34,36,37). The number of nitrogens with one attached hydrogen (secondary N) is 2. The molecule has 1 saturated heterocycles. The van der Waals surface area contributed by atoms with Gasteiger partial charge in [-0.15, -0.1) is 0 Å². The van der Waals surface area contributed by atoms with Crippen molar-refractivity contribution in [3.63, 3.8) is 0 Å². The van der Waals surface area contributed by atoms with E-state index in [0.29, 0.717) is 12.6 Å². The number of halogens is 4. The van der Waals surface area contributed by atoms with E-state index in [1.54, 1.807) is 6.07 Å². The molecule has 13 heteroatoms. The topological polar surface area (TPSA) is 106 Å². The van der Waals surface area contributed by atoms with Gasteiger partial charge in [0.1, 0.15) is 22.9 Å². The summed E-state index contributed by atoms with van der Waals surface area (Å²) in [7, 11) is 3.29. The fourth-order valence-electron chi connectivity index (χ4n) is 5.14. The van der Waals surface area contributed by atoms with E-state index in [1.165, 1.54) is 19.2 Å². The van der Waals surface area contributed by atoms with E-state index >= 15 is 4.39 Å². The predicted octanol–water partition coefficient (Wildman–Crippen LogP) is 5.44. The number of ketones is 1. The number of hydrogen-bond donors (Lipinski definition) is 2. The Hall–Kier alpha value is -4.26. The smallest absolute Gasteiger partial charge is 0.423 e. The van der Waals surface area contributed by atoms with Crippen molar-refractivity contribution in [2.24, 2.45) is 0 Å². The molecule has 1 aliphatic carbocycles. The molecule has 1 aromatic heterocycles. The molecular formula is C29H29F4N5O4. The molecule has 2 heterocycles. The van der Waals surface area contributed by atoms with Gasteiger partial charge >= 0.3 is 6.18 Å². The van der Waals surface area contributed by atoms with E-state index in [9.17, 15) is 22.8 Å². The molecule has 5 rings (SSSR count). The lowest BCUT2D eigenvalue weighted by atomic mass is 10.0. The number of methoxy groups -OCH3 is 1. The van der Waals surface area contributed by atoms with Crippen LogP contribution >= 0.6 is 0 Å².